The Kier molecular flexibility index (Phi) is 5.24. The van der Waals surface area contributed by atoms with Crippen LogP contribution < -0.4 is 4.74 Å². The summed E-state index contributed by atoms with van der Waals surface area (Å²) in [5.74, 6) is 3.29. The highest BCUT2D eigenvalue weighted by Gasteiger charge is 2.30. The van der Waals surface area contributed by atoms with Crippen LogP contribution >= 0.6 is 0 Å². The average molecular weight is 327 g/mol. The summed E-state index contributed by atoms with van der Waals surface area (Å²) < 4.78 is 7.52. The van der Waals surface area contributed by atoms with Gasteiger partial charge in [-0.25, -0.2) is 4.98 Å². The molecule has 1 aliphatic heterocycles. The van der Waals surface area contributed by atoms with Crippen molar-refractivity contribution in [1.82, 2.24) is 14.5 Å². The zero-order chi connectivity index (χ0) is 17.1. The Morgan fingerprint density at radius 2 is 2.00 bits per heavy atom. The number of benzene rings is 1. The fourth-order valence-electron chi connectivity index (χ4n) is 3.86. The van der Waals surface area contributed by atoms with Crippen LogP contribution in [0, 0.1) is 12.8 Å². The predicted molar refractivity (Wildman–Crippen MR) is 97.5 cm³/mol. The van der Waals surface area contributed by atoms with Gasteiger partial charge in [0.05, 0.1) is 7.11 Å². The Bertz CT molecular complexity index is 649. The van der Waals surface area contributed by atoms with Gasteiger partial charge >= 0.3 is 0 Å². The molecule has 0 N–H and O–H groups in total. The molecule has 130 valence electrons. The molecule has 3 rings (SSSR count). The van der Waals surface area contributed by atoms with E-state index in [1.807, 2.05) is 6.20 Å². The molecule has 0 radical (unpaired) electrons. The quantitative estimate of drug-likeness (QED) is 0.810. The van der Waals surface area contributed by atoms with Gasteiger partial charge in [0.2, 0.25) is 0 Å². The third-order valence-corrected chi connectivity index (χ3v) is 5.27. The zero-order valence-electron chi connectivity index (χ0n) is 15.3. The van der Waals surface area contributed by atoms with Gasteiger partial charge in [-0.1, -0.05) is 19.1 Å². The molecule has 2 aromatic rings. The number of likely N-dealkylation sites (tertiary alicyclic amines) is 1. The highest BCUT2D eigenvalue weighted by atomic mass is 16.5. The van der Waals surface area contributed by atoms with Gasteiger partial charge in [0.1, 0.15) is 11.6 Å². The van der Waals surface area contributed by atoms with E-state index < -0.39 is 0 Å². The van der Waals surface area contributed by atoms with Crippen LogP contribution in [0.4, 0.5) is 0 Å². The predicted octanol–water partition coefficient (Wildman–Crippen LogP) is 3.71. The number of hydrogen-bond acceptors (Lipinski definition) is 3. The molecule has 3 unspecified atom stereocenters. The molecule has 4 heteroatoms. The number of aryl methyl sites for hydroxylation is 1. The number of methoxy groups -OCH3 is 1. The molecular formula is C20H29N3O. The van der Waals surface area contributed by atoms with Crippen molar-refractivity contribution in [1.29, 1.82) is 0 Å². The summed E-state index contributed by atoms with van der Waals surface area (Å²) >= 11 is 0. The molecule has 24 heavy (non-hydrogen) atoms. The molecule has 0 aliphatic carbocycles. The molecule has 1 fully saturated rings. The lowest BCUT2D eigenvalue weighted by Crippen LogP contribution is -2.33. The summed E-state index contributed by atoms with van der Waals surface area (Å²) in [7, 11) is 1.72. The highest BCUT2D eigenvalue weighted by molar-refractivity contribution is 5.30. The van der Waals surface area contributed by atoms with Crippen LogP contribution in [0.1, 0.15) is 37.6 Å². The second-order valence-corrected chi connectivity index (χ2v) is 7.24. The minimum atomic E-state index is 0.620. The van der Waals surface area contributed by atoms with Crippen molar-refractivity contribution >= 4 is 0 Å². The summed E-state index contributed by atoms with van der Waals surface area (Å²) in [5.41, 5.74) is 1.43. The van der Waals surface area contributed by atoms with Gasteiger partial charge in [-0.15, -0.1) is 0 Å². The number of aromatic nitrogens is 2. The van der Waals surface area contributed by atoms with Gasteiger partial charge in [0.15, 0.2) is 0 Å². The maximum absolute atomic E-state index is 5.27. The van der Waals surface area contributed by atoms with Crippen LogP contribution in [-0.2, 0) is 6.54 Å². The molecule has 0 amide bonds. The summed E-state index contributed by atoms with van der Waals surface area (Å²) in [4.78, 5) is 6.97. The fraction of sp³-hybridized carbons (Fsp3) is 0.550. The number of nitrogens with zero attached hydrogens (tertiary/aromatic N) is 3. The van der Waals surface area contributed by atoms with E-state index in [0.29, 0.717) is 17.9 Å². The second kappa shape index (κ2) is 7.39. The lowest BCUT2D eigenvalue weighted by molar-refractivity contribution is 0.220. The van der Waals surface area contributed by atoms with E-state index in [9.17, 15) is 0 Å². The molecule has 1 aromatic carbocycles. The number of imidazole rings is 1. The lowest BCUT2D eigenvalue weighted by atomic mass is 9.97. The summed E-state index contributed by atoms with van der Waals surface area (Å²) in [6.07, 6.45) is 5.21. The molecule has 1 aliphatic rings. The Morgan fingerprint density at radius 3 is 2.62 bits per heavy atom. The van der Waals surface area contributed by atoms with Crippen LogP contribution in [0.15, 0.2) is 36.7 Å². The van der Waals surface area contributed by atoms with Crippen LogP contribution in [-0.4, -0.2) is 40.7 Å². The van der Waals surface area contributed by atoms with Crippen molar-refractivity contribution in [2.45, 2.75) is 45.7 Å². The fourth-order valence-corrected chi connectivity index (χ4v) is 3.86. The van der Waals surface area contributed by atoms with Crippen LogP contribution in [0.25, 0.3) is 0 Å². The molecule has 3 atom stereocenters. The minimum Gasteiger partial charge on any atom is -0.497 e. The molecule has 1 saturated heterocycles. The lowest BCUT2D eigenvalue weighted by Gasteiger charge is -2.25. The Labute approximate surface area is 145 Å². The normalized spacial score (nSPS) is 22.7. The smallest absolute Gasteiger partial charge is 0.118 e. The third kappa shape index (κ3) is 3.81. The van der Waals surface area contributed by atoms with Crippen LogP contribution in [0.5, 0.6) is 5.75 Å². The van der Waals surface area contributed by atoms with Gasteiger partial charge in [-0.05, 0) is 49.8 Å². The zero-order valence-corrected chi connectivity index (χ0v) is 15.3. The van der Waals surface area contributed by atoms with Gasteiger partial charge in [-0.3, -0.25) is 4.90 Å². The number of ether oxygens (including phenoxy) is 1. The van der Waals surface area contributed by atoms with Crippen molar-refractivity contribution < 1.29 is 4.74 Å². The van der Waals surface area contributed by atoms with E-state index in [0.717, 1.165) is 31.2 Å². The maximum Gasteiger partial charge on any atom is 0.118 e. The Balaban J connectivity index is 1.58. The second-order valence-electron chi connectivity index (χ2n) is 7.24. The van der Waals surface area contributed by atoms with E-state index in [2.05, 4.69) is 65.7 Å². The molecule has 0 saturated carbocycles. The van der Waals surface area contributed by atoms with Gasteiger partial charge in [-0.2, -0.15) is 0 Å². The van der Waals surface area contributed by atoms with Crippen molar-refractivity contribution in [2.75, 3.05) is 20.2 Å². The standard InChI is InChI=1S/C20H29N3O/c1-15(12-22-10-9-21-17(22)3)13-23-14-19(11-16(23)2)18-5-7-20(24-4)8-6-18/h5-10,15-16,19H,11-14H2,1-4H3. The molecule has 1 aromatic heterocycles. The van der Waals surface area contributed by atoms with Crippen molar-refractivity contribution in [2.24, 2.45) is 5.92 Å². The van der Waals surface area contributed by atoms with Crippen molar-refractivity contribution in [3.8, 4) is 5.75 Å². The summed E-state index contributed by atoms with van der Waals surface area (Å²) in [5, 5.41) is 0. The van der Waals surface area contributed by atoms with E-state index in [1.165, 1.54) is 12.0 Å². The van der Waals surface area contributed by atoms with E-state index >= 15 is 0 Å². The number of rotatable bonds is 6. The number of hydrogen-bond donors (Lipinski definition) is 0. The van der Waals surface area contributed by atoms with Crippen LogP contribution in [0.3, 0.4) is 0 Å². The first-order valence-corrected chi connectivity index (χ1v) is 8.92. The summed E-state index contributed by atoms with van der Waals surface area (Å²) in [6.45, 7) is 10.1. The maximum atomic E-state index is 5.27. The molecular weight excluding hydrogens is 298 g/mol. The average Bonchev–Trinajstić information content (AvgIpc) is 3.14. The van der Waals surface area contributed by atoms with E-state index in [1.54, 1.807) is 7.11 Å². The summed E-state index contributed by atoms with van der Waals surface area (Å²) in [6, 6.07) is 9.24. The monoisotopic (exact) mass is 327 g/mol. The SMILES string of the molecule is COc1ccc(C2CC(C)N(CC(C)Cn3ccnc3C)C2)cc1. The first-order chi connectivity index (χ1) is 11.6. The molecule has 0 spiro atoms. The van der Waals surface area contributed by atoms with Crippen molar-refractivity contribution in [3.63, 3.8) is 0 Å². The molecule has 4 nitrogen and oxygen atoms in total. The highest BCUT2D eigenvalue weighted by Crippen LogP contribution is 2.32. The first-order valence-electron chi connectivity index (χ1n) is 8.92. The third-order valence-electron chi connectivity index (χ3n) is 5.27. The van der Waals surface area contributed by atoms with Crippen molar-refractivity contribution in [3.05, 3.63) is 48.0 Å². The van der Waals surface area contributed by atoms with Gasteiger partial charge in [0.25, 0.3) is 0 Å². The topological polar surface area (TPSA) is 30.3 Å². The first kappa shape index (κ1) is 17.0. The minimum absolute atomic E-state index is 0.620. The van der Waals surface area contributed by atoms with Gasteiger partial charge in [0, 0.05) is 38.1 Å². The Hall–Kier alpha value is -1.81. The van der Waals surface area contributed by atoms with E-state index in [4.69, 9.17) is 4.74 Å². The Morgan fingerprint density at radius 1 is 1.25 bits per heavy atom. The largest absolute Gasteiger partial charge is 0.497 e. The van der Waals surface area contributed by atoms with E-state index in [-0.39, 0.29) is 0 Å². The van der Waals surface area contributed by atoms with Crippen LogP contribution in [0.2, 0.25) is 0 Å². The molecule has 2 heterocycles. The van der Waals surface area contributed by atoms with Gasteiger partial charge < -0.3 is 9.30 Å². The molecule has 0 bridgehead atoms.